The molecule has 1 aromatic heterocycles. The number of hydrogen-bond donors (Lipinski definition) is 0. The van der Waals surface area contributed by atoms with Crippen molar-refractivity contribution in [3.05, 3.63) is 71.7 Å². The van der Waals surface area contributed by atoms with Gasteiger partial charge in [-0.05, 0) is 42.8 Å². The number of furan rings is 1. The molecule has 0 atom stereocenters. The van der Waals surface area contributed by atoms with Crippen LogP contribution in [0.1, 0.15) is 23.8 Å². The fourth-order valence-corrected chi connectivity index (χ4v) is 2.68. The normalized spacial score (nSPS) is 11.2. The highest BCUT2D eigenvalue weighted by atomic mass is 16.5. The van der Waals surface area contributed by atoms with Crippen LogP contribution in [0, 0.1) is 11.3 Å². The lowest BCUT2D eigenvalue weighted by molar-refractivity contribution is -0.137. The van der Waals surface area contributed by atoms with E-state index >= 15 is 0 Å². The third-order valence-electron chi connectivity index (χ3n) is 3.92. The van der Waals surface area contributed by atoms with Crippen LogP contribution in [0.3, 0.4) is 0 Å². The van der Waals surface area contributed by atoms with E-state index in [9.17, 15) is 4.79 Å². The Hall–Kier alpha value is -3.52. The van der Waals surface area contributed by atoms with E-state index in [4.69, 9.17) is 19.2 Å². The SMILES string of the molecule is CCOC(=O)C=C(c1ccc(OC)cc1)c1occ2cc(C#N)ccc12. The number of fused-ring (bicyclic) bond motifs is 1. The van der Waals surface area contributed by atoms with Crippen LogP contribution in [0.25, 0.3) is 16.3 Å². The molecule has 0 bridgehead atoms. The van der Waals surface area contributed by atoms with Crippen molar-refractivity contribution in [2.75, 3.05) is 13.7 Å². The summed E-state index contributed by atoms with van der Waals surface area (Å²) < 4.78 is 16.0. The number of benzene rings is 2. The summed E-state index contributed by atoms with van der Waals surface area (Å²) in [6, 6.07) is 14.7. The van der Waals surface area contributed by atoms with Gasteiger partial charge >= 0.3 is 5.97 Å². The van der Waals surface area contributed by atoms with Gasteiger partial charge < -0.3 is 13.9 Å². The van der Waals surface area contributed by atoms with Gasteiger partial charge in [-0.3, -0.25) is 0 Å². The molecule has 0 saturated carbocycles. The Kier molecular flexibility index (Phi) is 5.04. The third kappa shape index (κ3) is 3.45. The predicted molar refractivity (Wildman–Crippen MR) is 97.6 cm³/mol. The molecular weight excluding hydrogens is 330 g/mol. The second-order valence-electron chi connectivity index (χ2n) is 5.52. The number of carbonyl (C=O) groups is 1. The summed E-state index contributed by atoms with van der Waals surface area (Å²) in [6.45, 7) is 2.04. The van der Waals surface area contributed by atoms with Gasteiger partial charge in [0.05, 0.1) is 31.6 Å². The summed E-state index contributed by atoms with van der Waals surface area (Å²) >= 11 is 0. The minimum absolute atomic E-state index is 0.287. The van der Waals surface area contributed by atoms with Crippen LogP contribution in [0.4, 0.5) is 0 Å². The van der Waals surface area contributed by atoms with E-state index in [1.807, 2.05) is 30.3 Å². The van der Waals surface area contributed by atoms with Crippen molar-refractivity contribution >= 4 is 22.3 Å². The van der Waals surface area contributed by atoms with E-state index in [0.717, 1.165) is 16.3 Å². The fraction of sp³-hybridized carbons (Fsp3) is 0.143. The van der Waals surface area contributed by atoms with Gasteiger partial charge in [-0.15, -0.1) is 0 Å². The minimum atomic E-state index is -0.448. The molecule has 26 heavy (non-hydrogen) atoms. The molecule has 0 aliphatic rings. The van der Waals surface area contributed by atoms with E-state index in [-0.39, 0.29) is 6.61 Å². The molecule has 0 fully saturated rings. The Morgan fingerprint density at radius 3 is 2.65 bits per heavy atom. The first-order chi connectivity index (χ1) is 12.7. The molecular formula is C21H17NO4. The molecule has 0 aliphatic carbocycles. The maximum Gasteiger partial charge on any atom is 0.331 e. The van der Waals surface area contributed by atoms with Gasteiger partial charge in [0.15, 0.2) is 0 Å². The van der Waals surface area contributed by atoms with Crippen LogP contribution in [-0.4, -0.2) is 19.7 Å². The zero-order chi connectivity index (χ0) is 18.5. The van der Waals surface area contributed by atoms with E-state index < -0.39 is 5.97 Å². The number of methoxy groups -OCH3 is 1. The minimum Gasteiger partial charge on any atom is -0.497 e. The van der Waals surface area contributed by atoms with Crippen molar-refractivity contribution in [1.82, 2.24) is 0 Å². The van der Waals surface area contributed by atoms with Gasteiger partial charge in [-0.2, -0.15) is 5.26 Å². The summed E-state index contributed by atoms with van der Waals surface area (Å²) in [5, 5.41) is 10.7. The first-order valence-corrected chi connectivity index (χ1v) is 8.11. The van der Waals surface area contributed by atoms with Crippen LogP contribution in [0.5, 0.6) is 5.75 Å². The average Bonchev–Trinajstić information content (AvgIpc) is 3.09. The third-order valence-corrected chi connectivity index (χ3v) is 3.92. The largest absolute Gasteiger partial charge is 0.497 e. The van der Waals surface area contributed by atoms with E-state index in [2.05, 4.69) is 6.07 Å². The molecule has 0 N–H and O–H groups in total. The predicted octanol–water partition coefficient (Wildman–Crippen LogP) is 4.31. The van der Waals surface area contributed by atoms with Gasteiger partial charge in [0, 0.05) is 22.4 Å². The number of ether oxygens (including phenoxy) is 2. The number of rotatable bonds is 5. The maximum absolute atomic E-state index is 12.1. The van der Waals surface area contributed by atoms with Gasteiger partial charge in [0.25, 0.3) is 0 Å². The highest BCUT2D eigenvalue weighted by molar-refractivity contribution is 6.02. The van der Waals surface area contributed by atoms with Crippen molar-refractivity contribution in [2.24, 2.45) is 0 Å². The summed E-state index contributed by atoms with van der Waals surface area (Å²) in [7, 11) is 1.59. The topological polar surface area (TPSA) is 72.5 Å². The molecule has 0 spiro atoms. The number of esters is 1. The molecule has 130 valence electrons. The Morgan fingerprint density at radius 2 is 2.00 bits per heavy atom. The van der Waals surface area contributed by atoms with Gasteiger partial charge in [-0.25, -0.2) is 4.79 Å². The molecule has 5 nitrogen and oxygen atoms in total. The van der Waals surface area contributed by atoms with E-state index in [0.29, 0.717) is 22.6 Å². The van der Waals surface area contributed by atoms with Crippen molar-refractivity contribution < 1.29 is 18.7 Å². The summed E-state index contributed by atoms with van der Waals surface area (Å²) in [5.74, 6) is 0.812. The summed E-state index contributed by atoms with van der Waals surface area (Å²) in [6.07, 6.45) is 3.00. The lowest BCUT2D eigenvalue weighted by Gasteiger charge is -2.08. The van der Waals surface area contributed by atoms with Crippen molar-refractivity contribution in [2.45, 2.75) is 6.92 Å². The molecule has 0 amide bonds. The van der Waals surface area contributed by atoms with Gasteiger partial charge in [0.2, 0.25) is 0 Å². The Bertz CT molecular complexity index is 1010. The second-order valence-corrected chi connectivity index (χ2v) is 5.52. The van der Waals surface area contributed by atoms with E-state index in [1.165, 1.54) is 6.08 Å². The fourth-order valence-electron chi connectivity index (χ4n) is 2.68. The van der Waals surface area contributed by atoms with Crippen molar-refractivity contribution in [3.8, 4) is 11.8 Å². The Labute approximate surface area is 151 Å². The monoisotopic (exact) mass is 347 g/mol. The van der Waals surface area contributed by atoms with Crippen LogP contribution < -0.4 is 4.74 Å². The van der Waals surface area contributed by atoms with E-state index in [1.54, 1.807) is 32.4 Å². The quantitative estimate of drug-likeness (QED) is 0.508. The van der Waals surface area contributed by atoms with Crippen LogP contribution in [0.15, 0.2) is 59.2 Å². The summed E-state index contributed by atoms with van der Waals surface area (Å²) in [5.41, 5.74) is 1.94. The number of hydrogen-bond acceptors (Lipinski definition) is 5. The highest BCUT2D eigenvalue weighted by Gasteiger charge is 2.16. The number of carbonyl (C=O) groups excluding carboxylic acids is 1. The first kappa shape index (κ1) is 17.3. The summed E-state index contributed by atoms with van der Waals surface area (Å²) in [4.78, 5) is 12.1. The molecule has 0 aliphatic heterocycles. The molecule has 0 unspecified atom stereocenters. The van der Waals surface area contributed by atoms with Gasteiger partial charge in [0.1, 0.15) is 11.5 Å². The first-order valence-electron chi connectivity index (χ1n) is 8.11. The van der Waals surface area contributed by atoms with Crippen LogP contribution >= 0.6 is 0 Å². The smallest absolute Gasteiger partial charge is 0.331 e. The average molecular weight is 347 g/mol. The molecule has 2 aromatic carbocycles. The highest BCUT2D eigenvalue weighted by Crippen LogP contribution is 2.33. The number of nitriles is 1. The van der Waals surface area contributed by atoms with Crippen molar-refractivity contribution in [3.63, 3.8) is 0 Å². The van der Waals surface area contributed by atoms with Crippen molar-refractivity contribution in [1.29, 1.82) is 5.26 Å². The molecule has 1 heterocycles. The van der Waals surface area contributed by atoms with Gasteiger partial charge in [-0.1, -0.05) is 12.1 Å². The zero-order valence-corrected chi connectivity index (χ0v) is 14.5. The lowest BCUT2D eigenvalue weighted by Crippen LogP contribution is -2.01. The van der Waals surface area contributed by atoms with Crippen LogP contribution in [0.2, 0.25) is 0 Å². The zero-order valence-electron chi connectivity index (χ0n) is 14.5. The molecule has 0 saturated heterocycles. The second kappa shape index (κ2) is 7.58. The molecule has 5 heteroatoms. The molecule has 3 aromatic rings. The lowest BCUT2D eigenvalue weighted by atomic mass is 9.99. The van der Waals surface area contributed by atoms with Crippen LogP contribution in [-0.2, 0) is 9.53 Å². The Morgan fingerprint density at radius 1 is 1.23 bits per heavy atom. The standard InChI is InChI=1S/C21H17NO4/c1-3-25-20(23)11-19(15-5-7-17(24-2)8-6-15)21-18-9-4-14(12-22)10-16(18)13-26-21/h4-11,13H,3H2,1-2H3. The molecule has 0 radical (unpaired) electrons. The molecule has 3 rings (SSSR count). The maximum atomic E-state index is 12.1. The Balaban J connectivity index is 2.14. The number of nitrogens with zero attached hydrogens (tertiary/aromatic N) is 1.